The zero-order valence-corrected chi connectivity index (χ0v) is 21.9. The lowest BCUT2D eigenvalue weighted by molar-refractivity contribution is -0.123. The van der Waals surface area contributed by atoms with Crippen LogP contribution in [0.3, 0.4) is 0 Å². The van der Waals surface area contributed by atoms with Crippen LogP contribution in [0.25, 0.3) is 6.08 Å². The molecule has 7 nitrogen and oxygen atoms in total. The van der Waals surface area contributed by atoms with Crippen molar-refractivity contribution in [2.45, 2.75) is 6.92 Å². The van der Waals surface area contributed by atoms with Crippen LogP contribution in [-0.2, 0) is 4.79 Å². The van der Waals surface area contributed by atoms with E-state index in [0.717, 1.165) is 16.7 Å². The highest BCUT2D eigenvalue weighted by Crippen LogP contribution is 2.35. The summed E-state index contributed by atoms with van der Waals surface area (Å²) in [6, 6.07) is 18.3. The Balaban J connectivity index is 1.45. The quantitative estimate of drug-likeness (QED) is 0.164. The average Bonchev–Trinajstić information content (AvgIpc) is 3.14. The molecule has 0 N–H and O–H groups in total. The van der Waals surface area contributed by atoms with Crippen LogP contribution >= 0.6 is 35.0 Å². The first-order valence-corrected chi connectivity index (χ1v) is 12.8. The average molecular weight is 558 g/mol. The fourth-order valence-corrected chi connectivity index (χ4v) is 4.64. The molecule has 1 aliphatic rings. The molecule has 37 heavy (non-hydrogen) atoms. The smallest absolute Gasteiger partial charge is 0.343 e. The van der Waals surface area contributed by atoms with Crippen LogP contribution in [0.1, 0.15) is 22.8 Å². The molecular formula is C27H21Cl2NO6S. The van der Waals surface area contributed by atoms with E-state index in [1.165, 1.54) is 6.07 Å². The fourth-order valence-electron chi connectivity index (χ4n) is 3.39. The van der Waals surface area contributed by atoms with E-state index >= 15 is 0 Å². The number of thioether (sulfide) groups is 1. The third kappa shape index (κ3) is 6.65. The summed E-state index contributed by atoms with van der Waals surface area (Å²) in [6.07, 6.45) is 1.59. The number of rotatable bonds is 9. The normalized spacial score (nSPS) is 14.2. The number of carbonyl (C=O) groups is 3. The molecule has 3 aromatic rings. The Morgan fingerprint density at radius 1 is 0.946 bits per heavy atom. The molecule has 1 saturated heterocycles. The van der Waals surface area contributed by atoms with Gasteiger partial charge in [-0.05, 0) is 72.8 Å². The Hall–Kier alpha value is -3.46. The maximum atomic E-state index is 12.9. The molecular weight excluding hydrogens is 537 g/mol. The topological polar surface area (TPSA) is 82.1 Å². The van der Waals surface area contributed by atoms with Gasteiger partial charge in [0.1, 0.15) is 12.4 Å². The summed E-state index contributed by atoms with van der Waals surface area (Å²) in [7, 11) is 0. The Labute approximate surface area is 227 Å². The van der Waals surface area contributed by atoms with Crippen molar-refractivity contribution in [1.82, 2.24) is 4.90 Å². The molecule has 0 saturated carbocycles. The highest BCUT2D eigenvalue weighted by atomic mass is 35.5. The molecule has 0 aromatic heterocycles. The highest BCUT2D eigenvalue weighted by molar-refractivity contribution is 8.18. The summed E-state index contributed by atoms with van der Waals surface area (Å²) < 4.78 is 16.8. The second kappa shape index (κ2) is 12.2. The minimum atomic E-state index is -0.587. The first-order valence-electron chi connectivity index (χ1n) is 11.2. The SMILES string of the molecule is CCOc1cc(/C=C2\SC(=O)N(CCOc3ccccc3Cl)C2=O)ccc1OC(=O)c1cccc(Cl)c1. The Morgan fingerprint density at radius 2 is 1.76 bits per heavy atom. The van der Waals surface area contributed by atoms with Gasteiger partial charge in [0, 0.05) is 5.02 Å². The van der Waals surface area contributed by atoms with Crippen LogP contribution in [-0.4, -0.2) is 41.8 Å². The highest BCUT2D eigenvalue weighted by Gasteiger charge is 2.35. The Morgan fingerprint density at radius 3 is 2.51 bits per heavy atom. The van der Waals surface area contributed by atoms with E-state index in [-0.39, 0.29) is 23.8 Å². The number of ether oxygens (including phenoxy) is 3. The fraction of sp³-hybridized carbons (Fsp3) is 0.148. The molecule has 3 aromatic carbocycles. The number of imide groups is 1. The predicted octanol–water partition coefficient (Wildman–Crippen LogP) is 6.73. The van der Waals surface area contributed by atoms with E-state index in [0.29, 0.717) is 39.3 Å². The Kier molecular flexibility index (Phi) is 8.76. The number of benzene rings is 3. The van der Waals surface area contributed by atoms with Gasteiger partial charge in [-0.15, -0.1) is 0 Å². The molecule has 4 rings (SSSR count). The first-order chi connectivity index (χ1) is 17.9. The van der Waals surface area contributed by atoms with E-state index in [1.54, 1.807) is 73.7 Å². The number of halogens is 2. The van der Waals surface area contributed by atoms with Gasteiger partial charge in [-0.2, -0.15) is 0 Å². The minimum Gasteiger partial charge on any atom is -0.490 e. The number of amides is 2. The van der Waals surface area contributed by atoms with Gasteiger partial charge in [0.05, 0.1) is 28.6 Å². The van der Waals surface area contributed by atoms with Crippen molar-refractivity contribution >= 4 is 58.2 Å². The van der Waals surface area contributed by atoms with Crippen molar-refractivity contribution in [3.8, 4) is 17.2 Å². The van der Waals surface area contributed by atoms with Crippen molar-refractivity contribution in [3.05, 3.63) is 92.8 Å². The summed E-state index contributed by atoms with van der Waals surface area (Å²) >= 11 is 12.9. The molecule has 10 heteroatoms. The van der Waals surface area contributed by atoms with Crippen molar-refractivity contribution in [2.24, 2.45) is 0 Å². The third-order valence-electron chi connectivity index (χ3n) is 5.11. The molecule has 0 bridgehead atoms. The number of para-hydroxylation sites is 1. The summed E-state index contributed by atoms with van der Waals surface area (Å²) in [4.78, 5) is 39.2. The maximum absolute atomic E-state index is 12.9. The molecule has 0 unspecified atom stereocenters. The second-order valence-corrected chi connectivity index (χ2v) is 9.49. The number of hydrogen-bond acceptors (Lipinski definition) is 7. The zero-order valence-electron chi connectivity index (χ0n) is 19.6. The first kappa shape index (κ1) is 26.6. The van der Waals surface area contributed by atoms with Crippen molar-refractivity contribution in [2.75, 3.05) is 19.8 Å². The molecule has 1 aliphatic heterocycles. The molecule has 2 amide bonds. The largest absolute Gasteiger partial charge is 0.490 e. The van der Waals surface area contributed by atoms with Crippen LogP contribution in [0.4, 0.5) is 4.79 Å². The Bertz CT molecular complexity index is 1380. The van der Waals surface area contributed by atoms with Crippen molar-refractivity contribution < 1.29 is 28.6 Å². The van der Waals surface area contributed by atoms with Gasteiger partial charge in [-0.1, -0.05) is 47.5 Å². The van der Waals surface area contributed by atoms with Crippen LogP contribution in [0.5, 0.6) is 17.2 Å². The molecule has 190 valence electrons. The summed E-state index contributed by atoms with van der Waals surface area (Å²) in [6.45, 7) is 2.31. The summed E-state index contributed by atoms with van der Waals surface area (Å²) in [5.41, 5.74) is 0.898. The molecule has 0 aliphatic carbocycles. The van der Waals surface area contributed by atoms with E-state index in [4.69, 9.17) is 37.4 Å². The van der Waals surface area contributed by atoms with Gasteiger partial charge in [0.2, 0.25) is 0 Å². The standard InChI is InChI=1S/C27H21Cl2NO6S/c1-2-34-23-14-17(10-11-22(23)36-26(32)18-6-5-7-19(28)16-18)15-24-25(31)30(27(33)37-24)12-13-35-21-9-4-3-8-20(21)29/h3-11,14-16H,2,12-13H2,1H3/b24-15-. The second-order valence-electron chi connectivity index (χ2n) is 7.65. The predicted molar refractivity (Wildman–Crippen MR) is 144 cm³/mol. The van der Waals surface area contributed by atoms with Crippen LogP contribution < -0.4 is 14.2 Å². The molecule has 0 spiro atoms. The van der Waals surface area contributed by atoms with E-state index in [2.05, 4.69) is 0 Å². The van der Waals surface area contributed by atoms with Gasteiger partial charge in [0.15, 0.2) is 11.5 Å². The molecule has 1 fully saturated rings. The number of hydrogen-bond donors (Lipinski definition) is 0. The van der Waals surface area contributed by atoms with E-state index in [9.17, 15) is 14.4 Å². The molecule has 0 atom stereocenters. The third-order valence-corrected chi connectivity index (χ3v) is 6.57. The lowest BCUT2D eigenvalue weighted by Gasteiger charge is -2.14. The van der Waals surface area contributed by atoms with Gasteiger partial charge >= 0.3 is 5.97 Å². The van der Waals surface area contributed by atoms with Crippen LogP contribution in [0, 0.1) is 0 Å². The molecule has 0 radical (unpaired) electrons. The lowest BCUT2D eigenvalue weighted by atomic mass is 10.1. The minimum absolute atomic E-state index is 0.0792. The van der Waals surface area contributed by atoms with Gasteiger partial charge in [-0.3, -0.25) is 14.5 Å². The van der Waals surface area contributed by atoms with Gasteiger partial charge in [-0.25, -0.2) is 4.79 Å². The number of carbonyl (C=O) groups excluding carboxylic acids is 3. The monoisotopic (exact) mass is 557 g/mol. The van der Waals surface area contributed by atoms with Crippen molar-refractivity contribution in [1.29, 1.82) is 0 Å². The maximum Gasteiger partial charge on any atom is 0.343 e. The summed E-state index contributed by atoms with van der Waals surface area (Å²) in [5.74, 6) is 0.00240. The number of nitrogens with zero attached hydrogens (tertiary/aromatic N) is 1. The van der Waals surface area contributed by atoms with Gasteiger partial charge in [0.25, 0.3) is 11.1 Å². The zero-order chi connectivity index (χ0) is 26.4. The van der Waals surface area contributed by atoms with Gasteiger partial charge < -0.3 is 14.2 Å². The van der Waals surface area contributed by atoms with Crippen molar-refractivity contribution in [3.63, 3.8) is 0 Å². The molecule has 1 heterocycles. The van der Waals surface area contributed by atoms with E-state index in [1.807, 2.05) is 0 Å². The van der Waals surface area contributed by atoms with E-state index < -0.39 is 17.1 Å². The van der Waals surface area contributed by atoms with Crippen LogP contribution in [0.15, 0.2) is 71.6 Å². The lowest BCUT2D eigenvalue weighted by Crippen LogP contribution is -2.32. The number of esters is 1. The summed E-state index contributed by atoms with van der Waals surface area (Å²) in [5, 5.41) is 0.471. The van der Waals surface area contributed by atoms with Crippen LogP contribution in [0.2, 0.25) is 10.0 Å².